The molecule has 0 heteroatoms. The minimum atomic E-state index is 0.290. The molecule has 0 saturated heterocycles. The lowest BCUT2D eigenvalue weighted by Gasteiger charge is -2.32. The first-order chi connectivity index (χ1) is 5.65. The standard InChI is InChI=1S/C11H22.C2H6/c1-9(2)11(6,7)8-10(3,4)5;1-2/h1,8H2,2-7H3;1-2H3. The molecule has 0 rings (SSSR count). The van der Waals surface area contributed by atoms with Crippen molar-refractivity contribution in [2.45, 2.75) is 61.8 Å². The highest BCUT2D eigenvalue weighted by atomic mass is 14.3. The molecule has 0 aromatic rings. The second kappa shape index (κ2) is 5.47. The fraction of sp³-hybridized carbons (Fsp3) is 0.846. The van der Waals surface area contributed by atoms with E-state index in [2.05, 4.69) is 48.1 Å². The molecule has 0 amide bonds. The van der Waals surface area contributed by atoms with E-state index in [0.29, 0.717) is 5.41 Å². The summed E-state index contributed by atoms with van der Waals surface area (Å²) in [6, 6.07) is 0. The third-order valence-corrected chi connectivity index (χ3v) is 2.13. The van der Waals surface area contributed by atoms with Gasteiger partial charge in [0.25, 0.3) is 0 Å². The quantitative estimate of drug-likeness (QED) is 0.527. The Morgan fingerprint density at radius 2 is 1.31 bits per heavy atom. The van der Waals surface area contributed by atoms with Crippen LogP contribution >= 0.6 is 0 Å². The number of allylic oxidation sites excluding steroid dienone is 1. The van der Waals surface area contributed by atoms with E-state index in [1.54, 1.807) is 0 Å². The molecule has 13 heavy (non-hydrogen) atoms. The van der Waals surface area contributed by atoms with Crippen LogP contribution in [0.25, 0.3) is 0 Å². The van der Waals surface area contributed by atoms with Crippen LogP contribution in [0.2, 0.25) is 0 Å². The Morgan fingerprint density at radius 3 is 1.38 bits per heavy atom. The van der Waals surface area contributed by atoms with Crippen LogP contribution in [0.15, 0.2) is 12.2 Å². The van der Waals surface area contributed by atoms with Gasteiger partial charge in [-0.2, -0.15) is 0 Å². The molecule has 0 bridgehead atoms. The van der Waals surface area contributed by atoms with Gasteiger partial charge in [0.2, 0.25) is 0 Å². The molecule has 0 radical (unpaired) electrons. The van der Waals surface area contributed by atoms with Gasteiger partial charge in [-0.15, -0.1) is 0 Å². The van der Waals surface area contributed by atoms with E-state index in [0.717, 1.165) is 0 Å². The Morgan fingerprint density at radius 1 is 1.00 bits per heavy atom. The molecule has 0 heterocycles. The minimum absolute atomic E-state index is 0.290. The third-order valence-electron chi connectivity index (χ3n) is 2.13. The Labute approximate surface area is 85.4 Å². The predicted molar refractivity (Wildman–Crippen MR) is 64.0 cm³/mol. The normalized spacial score (nSPS) is 11.7. The van der Waals surface area contributed by atoms with Crippen molar-refractivity contribution in [3.63, 3.8) is 0 Å². The monoisotopic (exact) mass is 184 g/mol. The summed E-state index contributed by atoms with van der Waals surface area (Å²) in [5.74, 6) is 0. The Bertz CT molecular complexity index is 144. The highest BCUT2D eigenvalue weighted by Crippen LogP contribution is 2.37. The average Bonchev–Trinajstić information content (AvgIpc) is 1.86. The van der Waals surface area contributed by atoms with Gasteiger partial charge >= 0.3 is 0 Å². The molecule has 0 saturated carbocycles. The largest absolute Gasteiger partial charge is 0.0996 e. The molecule has 0 aliphatic heterocycles. The third kappa shape index (κ3) is 8.08. The van der Waals surface area contributed by atoms with Gasteiger partial charge in [-0.3, -0.25) is 0 Å². The zero-order valence-corrected chi connectivity index (χ0v) is 10.9. The van der Waals surface area contributed by atoms with Gasteiger partial charge < -0.3 is 0 Å². The molecule has 0 aromatic carbocycles. The molecule has 0 unspecified atom stereocenters. The summed E-state index contributed by atoms with van der Waals surface area (Å²) in [5, 5.41) is 0. The first kappa shape index (κ1) is 15.2. The molecule has 0 aromatic heterocycles. The molecule has 80 valence electrons. The highest BCUT2D eigenvalue weighted by Gasteiger charge is 2.25. The van der Waals surface area contributed by atoms with Gasteiger partial charge in [0, 0.05) is 0 Å². The number of hydrogen-bond donors (Lipinski definition) is 0. The first-order valence-electron chi connectivity index (χ1n) is 5.31. The smallest absolute Gasteiger partial charge is 0.0145 e. The van der Waals surface area contributed by atoms with Gasteiger partial charge in [0.1, 0.15) is 0 Å². The van der Waals surface area contributed by atoms with Crippen molar-refractivity contribution < 1.29 is 0 Å². The lowest BCUT2D eigenvalue weighted by molar-refractivity contribution is 0.250. The van der Waals surface area contributed by atoms with Crippen LogP contribution in [-0.2, 0) is 0 Å². The predicted octanol–water partition coefficient (Wildman–Crippen LogP) is 5.05. The van der Waals surface area contributed by atoms with Gasteiger partial charge in [-0.05, 0) is 24.2 Å². The minimum Gasteiger partial charge on any atom is -0.0996 e. The molecule has 0 nitrogen and oxygen atoms in total. The maximum absolute atomic E-state index is 4.01. The molecule has 0 aliphatic carbocycles. The van der Waals surface area contributed by atoms with E-state index in [9.17, 15) is 0 Å². The maximum atomic E-state index is 4.01. The SMILES string of the molecule is C=C(C)C(C)(C)CC(C)(C)C.CC. The summed E-state index contributed by atoms with van der Waals surface area (Å²) >= 11 is 0. The van der Waals surface area contributed by atoms with Crippen molar-refractivity contribution in [2.24, 2.45) is 10.8 Å². The number of hydrogen-bond acceptors (Lipinski definition) is 0. The lowest BCUT2D eigenvalue weighted by Crippen LogP contribution is -2.21. The van der Waals surface area contributed by atoms with E-state index in [-0.39, 0.29) is 5.41 Å². The summed E-state index contributed by atoms with van der Waals surface area (Å²) < 4.78 is 0. The fourth-order valence-electron chi connectivity index (χ4n) is 1.48. The average molecular weight is 184 g/mol. The first-order valence-corrected chi connectivity index (χ1v) is 5.31. The van der Waals surface area contributed by atoms with Crippen LogP contribution in [-0.4, -0.2) is 0 Å². The molecular weight excluding hydrogens is 156 g/mol. The van der Waals surface area contributed by atoms with Crippen LogP contribution in [0.4, 0.5) is 0 Å². The van der Waals surface area contributed by atoms with Crippen molar-refractivity contribution >= 4 is 0 Å². The molecular formula is C13H28. The van der Waals surface area contributed by atoms with Crippen LogP contribution < -0.4 is 0 Å². The molecule has 0 fully saturated rings. The van der Waals surface area contributed by atoms with E-state index in [4.69, 9.17) is 0 Å². The van der Waals surface area contributed by atoms with E-state index in [1.807, 2.05) is 13.8 Å². The highest BCUT2D eigenvalue weighted by molar-refractivity contribution is 5.04. The van der Waals surface area contributed by atoms with Gasteiger partial charge in [-0.1, -0.05) is 60.6 Å². The van der Waals surface area contributed by atoms with Crippen molar-refractivity contribution in [3.05, 3.63) is 12.2 Å². The van der Waals surface area contributed by atoms with Gasteiger partial charge in [0.05, 0.1) is 0 Å². The van der Waals surface area contributed by atoms with Crippen LogP contribution in [0.3, 0.4) is 0 Å². The second-order valence-electron chi connectivity index (χ2n) is 5.40. The van der Waals surface area contributed by atoms with Crippen molar-refractivity contribution in [2.75, 3.05) is 0 Å². The Kier molecular flexibility index (Phi) is 6.40. The summed E-state index contributed by atoms with van der Waals surface area (Å²) in [5.41, 5.74) is 1.98. The zero-order valence-electron chi connectivity index (χ0n) is 10.9. The van der Waals surface area contributed by atoms with Crippen molar-refractivity contribution in [1.29, 1.82) is 0 Å². The summed E-state index contributed by atoms with van der Waals surface area (Å²) in [6.07, 6.45) is 1.20. The Balaban J connectivity index is 0. The molecule has 0 aliphatic rings. The van der Waals surface area contributed by atoms with E-state index in [1.165, 1.54) is 12.0 Å². The summed E-state index contributed by atoms with van der Waals surface area (Å²) in [7, 11) is 0. The van der Waals surface area contributed by atoms with Gasteiger partial charge in [0.15, 0.2) is 0 Å². The van der Waals surface area contributed by atoms with Crippen molar-refractivity contribution in [3.8, 4) is 0 Å². The van der Waals surface area contributed by atoms with Crippen molar-refractivity contribution in [1.82, 2.24) is 0 Å². The van der Waals surface area contributed by atoms with Crippen LogP contribution in [0, 0.1) is 10.8 Å². The fourth-order valence-corrected chi connectivity index (χ4v) is 1.48. The summed E-state index contributed by atoms with van der Waals surface area (Å²) in [6.45, 7) is 21.5. The van der Waals surface area contributed by atoms with E-state index < -0.39 is 0 Å². The maximum Gasteiger partial charge on any atom is -0.0145 e. The van der Waals surface area contributed by atoms with E-state index >= 15 is 0 Å². The number of rotatable bonds is 2. The molecule has 0 atom stereocenters. The second-order valence-corrected chi connectivity index (χ2v) is 5.40. The molecule has 0 spiro atoms. The van der Waals surface area contributed by atoms with Crippen LogP contribution in [0.5, 0.6) is 0 Å². The summed E-state index contributed by atoms with van der Waals surface area (Å²) in [4.78, 5) is 0. The topological polar surface area (TPSA) is 0 Å². The Hall–Kier alpha value is -0.260. The zero-order chi connectivity index (χ0) is 11.3. The lowest BCUT2D eigenvalue weighted by atomic mass is 9.73. The molecule has 0 N–H and O–H groups in total. The van der Waals surface area contributed by atoms with Gasteiger partial charge in [-0.25, -0.2) is 0 Å². The van der Waals surface area contributed by atoms with Crippen LogP contribution in [0.1, 0.15) is 61.8 Å².